The van der Waals surface area contributed by atoms with Crippen LogP contribution in [0.2, 0.25) is 0 Å². The zero-order valence-corrected chi connectivity index (χ0v) is 16.3. The molecule has 7 nitrogen and oxygen atoms in total. The lowest BCUT2D eigenvalue weighted by atomic mass is 10.1. The number of nitrogens with zero attached hydrogens (tertiary/aromatic N) is 4. The molecule has 0 spiro atoms. The van der Waals surface area contributed by atoms with Crippen LogP contribution >= 0.6 is 0 Å². The second-order valence-corrected chi connectivity index (χ2v) is 6.88. The standard InChI is InChI=1S/C24H17N5O2/c30-23-18-11-5-4-10-17(18)19(24(31)29(23)22-12-6-7-13-25-22)15-26-21-14-20(27-28-21)16-8-2-1-3-9-16/h1-15,31H,(H,27,28). The molecule has 0 aliphatic rings. The number of aliphatic imine (C=N–C) groups is 1. The van der Waals surface area contributed by atoms with E-state index in [4.69, 9.17) is 0 Å². The zero-order chi connectivity index (χ0) is 21.2. The number of H-pyrrole nitrogens is 1. The van der Waals surface area contributed by atoms with Crippen LogP contribution in [0.15, 0.2) is 94.8 Å². The number of hydrogen-bond donors (Lipinski definition) is 2. The van der Waals surface area contributed by atoms with Gasteiger partial charge in [0, 0.05) is 29.3 Å². The van der Waals surface area contributed by atoms with Crippen LogP contribution in [0.25, 0.3) is 27.8 Å². The normalized spacial score (nSPS) is 11.4. The van der Waals surface area contributed by atoms with E-state index in [0.717, 1.165) is 11.3 Å². The maximum absolute atomic E-state index is 13.0. The molecule has 150 valence electrons. The van der Waals surface area contributed by atoms with Gasteiger partial charge in [0.25, 0.3) is 5.56 Å². The number of aromatic hydroxyl groups is 1. The topological polar surface area (TPSA) is 96.2 Å². The summed E-state index contributed by atoms with van der Waals surface area (Å²) in [4.78, 5) is 21.7. The molecule has 7 heteroatoms. The predicted molar refractivity (Wildman–Crippen MR) is 120 cm³/mol. The highest BCUT2D eigenvalue weighted by molar-refractivity contribution is 6.02. The molecule has 5 rings (SSSR count). The molecule has 0 atom stereocenters. The highest BCUT2D eigenvalue weighted by Gasteiger charge is 2.16. The van der Waals surface area contributed by atoms with Crippen molar-refractivity contribution in [2.45, 2.75) is 0 Å². The monoisotopic (exact) mass is 407 g/mol. The largest absolute Gasteiger partial charge is 0.494 e. The van der Waals surface area contributed by atoms with Gasteiger partial charge in [-0.1, -0.05) is 54.6 Å². The highest BCUT2D eigenvalue weighted by Crippen LogP contribution is 2.26. The lowest BCUT2D eigenvalue weighted by molar-refractivity contribution is 0.435. The van der Waals surface area contributed by atoms with Gasteiger partial charge in [-0.25, -0.2) is 14.5 Å². The van der Waals surface area contributed by atoms with Crippen LogP contribution in [0.1, 0.15) is 5.56 Å². The summed E-state index contributed by atoms with van der Waals surface area (Å²) in [6.07, 6.45) is 3.08. The minimum Gasteiger partial charge on any atom is -0.494 e. The van der Waals surface area contributed by atoms with Crippen LogP contribution < -0.4 is 5.56 Å². The van der Waals surface area contributed by atoms with Gasteiger partial charge >= 0.3 is 0 Å². The molecule has 0 radical (unpaired) electrons. The van der Waals surface area contributed by atoms with Crippen molar-refractivity contribution in [3.8, 4) is 23.0 Å². The summed E-state index contributed by atoms with van der Waals surface area (Å²) in [6.45, 7) is 0. The SMILES string of the molecule is O=c1c2ccccc2c(C=Nc2cc(-c3ccccc3)[nH]n2)c(O)n1-c1ccccn1. The molecule has 3 heterocycles. The number of fused-ring (bicyclic) bond motifs is 1. The first-order chi connectivity index (χ1) is 15.2. The lowest BCUT2D eigenvalue weighted by Gasteiger charge is -2.12. The third kappa shape index (κ3) is 3.38. The van der Waals surface area contributed by atoms with Crippen molar-refractivity contribution in [2.75, 3.05) is 0 Å². The van der Waals surface area contributed by atoms with Crippen LogP contribution in [-0.4, -0.2) is 31.1 Å². The highest BCUT2D eigenvalue weighted by atomic mass is 16.3. The quantitative estimate of drug-likeness (QED) is 0.436. The maximum Gasteiger partial charge on any atom is 0.267 e. The second kappa shape index (κ2) is 7.72. The summed E-state index contributed by atoms with van der Waals surface area (Å²) < 4.78 is 1.18. The second-order valence-electron chi connectivity index (χ2n) is 6.88. The molecule has 0 bridgehead atoms. The van der Waals surface area contributed by atoms with Crippen molar-refractivity contribution in [1.29, 1.82) is 0 Å². The van der Waals surface area contributed by atoms with E-state index in [1.807, 2.05) is 42.5 Å². The Hall–Kier alpha value is -4.52. The third-order valence-corrected chi connectivity index (χ3v) is 4.96. The van der Waals surface area contributed by atoms with Crippen molar-refractivity contribution < 1.29 is 5.11 Å². The molecule has 0 fully saturated rings. The van der Waals surface area contributed by atoms with Gasteiger partial charge in [-0.3, -0.25) is 9.89 Å². The van der Waals surface area contributed by atoms with Crippen molar-refractivity contribution in [3.63, 3.8) is 0 Å². The van der Waals surface area contributed by atoms with Crippen LogP contribution in [0.5, 0.6) is 5.88 Å². The number of aromatic nitrogens is 4. The van der Waals surface area contributed by atoms with Gasteiger partial charge in [0.1, 0.15) is 5.82 Å². The number of aromatic amines is 1. The van der Waals surface area contributed by atoms with Crippen molar-refractivity contribution in [3.05, 3.63) is 101 Å². The number of pyridine rings is 2. The van der Waals surface area contributed by atoms with Gasteiger partial charge in [0.2, 0.25) is 5.88 Å². The Morgan fingerprint density at radius 2 is 1.68 bits per heavy atom. The average molecular weight is 407 g/mol. The van der Waals surface area contributed by atoms with Crippen LogP contribution in [0.3, 0.4) is 0 Å². The van der Waals surface area contributed by atoms with Gasteiger partial charge < -0.3 is 5.11 Å². The predicted octanol–water partition coefficient (Wildman–Crippen LogP) is 4.23. The fraction of sp³-hybridized carbons (Fsp3) is 0. The Balaban J connectivity index is 1.63. The maximum atomic E-state index is 13.0. The van der Waals surface area contributed by atoms with E-state index in [-0.39, 0.29) is 11.4 Å². The Labute approximate surface area is 177 Å². The summed E-state index contributed by atoms with van der Waals surface area (Å²) in [5.41, 5.74) is 1.88. The van der Waals surface area contributed by atoms with Gasteiger partial charge in [-0.15, -0.1) is 0 Å². The Bertz CT molecular complexity index is 1450. The fourth-order valence-corrected chi connectivity index (χ4v) is 3.46. The molecule has 2 N–H and O–H groups in total. The Morgan fingerprint density at radius 3 is 2.45 bits per heavy atom. The van der Waals surface area contributed by atoms with E-state index in [1.54, 1.807) is 42.6 Å². The van der Waals surface area contributed by atoms with Crippen molar-refractivity contribution in [2.24, 2.45) is 4.99 Å². The zero-order valence-electron chi connectivity index (χ0n) is 16.3. The fourth-order valence-electron chi connectivity index (χ4n) is 3.46. The van der Waals surface area contributed by atoms with E-state index in [0.29, 0.717) is 28.0 Å². The van der Waals surface area contributed by atoms with Crippen LogP contribution in [0, 0.1) is 0 Å². The molecule has 2 aromatic carbocycles. The van der Waals surface area contributed by atoms with Crippen molar-refractivity contribution in [1.82, 2.24) is 19.7 Å². The third-order valence-electron chi connectivity index (χ3n) is 4.96. The van der Waals surface area contributed by atoms with Gasteiger partial charge in [0.05, 0.1) is 11.3 Å². The first-order valence-corrected chi connectivity index (χ1v) is 9.65. The minimum absolute atomic E-state index is 0.232. The molecule has 0 aliphatic heterocycles. The number of benzene rings is 2. The van der Waals surface area contributed by atoms with E-state index < -0.39 is 0 Å². The van der Waals surface area contributed by atoms with Gasteiger partial charge in [-0.05, 0) is 23.8 Å². The number of rotatable bonds is 4. The molecule has 5 aromatic rings. The van der Waals surface area contributed by atoms with Gasteiger partial charge in [0.15, 0.2) is 5.82 Å². The molecule has 0 unspecified atom stereocenters. The molecule has 0 saturated carbocycles. The van der Waals surface area contributed by atoms with E-state index in [9.17, 15) is 9.90 Å². The molecule has 3 aromatic heterocycles. The van der Waals surface area contributed by atoms with Crippen LogP contribution in [-0.2, 0) is 0 Å². The Morgan fingerprint density at radius 1 is 0.935 bits per heavy atom. The Kier molecular flexibility index (Phi) is 4.61. The summed E-state index contributed by atoms with van der Waals surface area (Å²) in [6, 6.07) is 23.9. The molecular weight excluding hydrogens is 390 g/mol. The van der Waals surface area contributed by atoms with Crippen LogP contribution in [0.4, 0.5) is 5.82 Å². The van der Waals surface area contributed by atoms with Gasteiger partial charge in [-0.2, -0.15) is 5.10 Å². The molecular formula is C24H17N5O2. The van der Waals surface area contributed by atoms with Crippen molar-refractivity contribution >= 4 is 22.8 Å². The molecule has 0 saturated heterocycles. The first kappa shape index (κ1) is 18.5. The lowest BCUT2D eigenvalue weighted by Crippen LogP contribution is -2.20. The first-order valence-electron chi connectivity index (χ1n) is 9.65. The van der Waals surface area contributed by atoms with E-state index in [1.165, 1.54) is 10.8 Å². The minimum atomic E-state index is -0.352. The molecule has 0 aliphatic carbocycles. The number of nitrogens with one attached hydrogen (secondary N) is 1. The smallest absolute Gasteiger partial charge is 0.267 e. The molecule has 0 amide bonds. The summed E-state index contributed by atoms with van der Waals surface area (Å²) in [5.74, 6) is 0.555. The summed E-state index contributed by atoms with van der Waals surface area (Å²) in [7, 11) is 0. The molecule has 31 heavy (non-hydrogen) atoms. The summed E-state index contributed by atoms with van der Waals surface area (Å²) in [5, 5.41) is 19.2. The average Bonchev–Trinajstić information content (AvgIpc) is 3.29. The number of hydrogen-bond acceptors (Lipinski definition) is 5. The summed E-state index contributed by atoms with van der Waals surface area (Å²) >= 11 is 0. The van der Waals surface area contributed by atoms with E-state index >= 15 is 0 Å². The van der Waals surface area contributed by atoms with E-state index in [2.05, 4.69) is 20.2 Å².